The molecule has 2 heterocycles. The van der Waals surface area contributed by atoms with E-state index in [1.807, 2.05) is 12.3 Å². The van der Waals surface area contributed by atoms with E-state index in [-0.39, 0.29) is 21.2 Å². The Labute approximate surface area is 164 Å². The number of pyridine rings is 1. The zero-order chi connectivity index (χ0) is 18.1. The van der Waals surface area contributed by atoms with Gasteiger partial charge in [-0.25, -0.2) is 0 Å². The molecule has 1 aliphatic rings. The second kappa shape index (κ2) is 7.40. The summed E-state index contributed by atoms with van der Waals surface area (Å²) in [5, 5.41) is 2.55. The molecule has 0 fully saturated rings. The molecule has 4 rings (SSSR count). The molecule has 3 aromatic rings. The number of rotatable bonds is 6. The van der Waals surface area contributed by atoms with E-state index in [2.05, 4.69) is 36.2 Å². The third-order valence-electron chi connectivity index (χ3n) is 4.61. The number of benzene rings is 2. The van der Waals surface area contributed by atoms with Crippen LogP contribution in [0.1, 0.15) is 18.4 Å². The minimum absolute atomic E-state index is 0.256. The van der Waals surface area contributed by atoms with Gasteiger partial charge in [-0.3, -0.25) is 0 Å². The predicted molar refractivity (Wildman–Crippen MR) is 99.6 cm³/mol. The van der Waals surface area contributed by atoms with Gasteiger partial charge < -0.3 is 0 Å². The maximum atomic E-state index is 6.04. The first-order valence-corrected chi connectivity index (χ1v) is 11.0. The van der Waals surface area contributed by atoms with Gasteiger partial charge in [0.05, 0.1) is 0 Å². The van der Waals surface area contributed by atoms with E-state index in [1.54, 1.807) is 7.11 Å². The Hall–Kier alpha value is -1.86. The molecule has 26 heavy (non-hydrogen) atoms. The van der Waals surface area contributed by atoms with E-state index in [0.717, 1.165) is 24.5 Å². The van der Waals surface area contributed by atoms with Crippen molar-refractivity contribution in [2.75, 3.05) is 20.3 Å². The van der Waals surface area contributed by atoms with E-state index < -0.39 is 0 Å². The normalized spacial score (nSPS) is 12.4. The zero-order valence-corrected chi connectivity index (χ0v) is 17.2. The van der Waals surface area contributed by atoms with Crippen molar-refractivity contribution >= 4 is 10.8 Å². The van der Waals surface area contributed by atoms with Crippen LogP contribution < -0.4 is 36.4 Å². The summed E-state index contributed by atoms with van der Waals surface area (Å²) in [6.45, 7) is 3.52. The van der Waals surface area contributed by atoms with Crippen molar-refractivity contribution in [2.24, 2.45) is 5.73 Å². The third kappa shape index (κ3) is 3.03. The van der Waals surface area contributed by atoms with Gasteiger partial charge in [0.2, 0.25) is 0 Å². The fraction of sp³-hybridized carbons (Fsp3) is 0.286. The van der Waals surface area contributed by atoms with Gasteiger partial charge in [0.25, 0.3) is 0 Å². The molecule has 0 bridgehead atoms. The zero-order valence-electron chi connectivity index (χ0n) is 15.0. The first-order chi connectivity index (χ1) is 12.7. The monoisotopic (exact) mass is 461 g/mol. The Morgan fingerprint density at radius 2 is 2.00 bits per heavy atom. The van der Waals surface area contributed by atoms with Crippen LogP contribution in [0.5, 0.6) is 11.6 Å². The predicted octanol–water partition coefficient (Wildman–Crippen LogP) is 0.778. The molecule has 1 aromatic heterocycles. The Kier molecular flexibility index (Phi) is 5.00. The van der Waals surface area contributed by atoms with Crippen molar-refractivity contribution in [1.29, 1.82) is 0 Å². The summed E-state index contributed by atoms with van der Waals surface area (Å²) in [6.07, 6.45) is 3.89. The molecular weight excluding hydrogens is 439 g/mol. The number of halogens is 1. The van der Waals surface area contributed by atoms with Gasteiger partial charge in [0.15, 0.2) is 0 Å². The van der Waals surface area contributed by atoms with Crippen LogP contribution in [0, 0.1) is 14.1 Å². The molecule has 0 radical (unpaired) electrons. The quantitative estimate of drug-likeness (QED) is 0.341. The third-order valence-corrected chi connectivity index (χ3v) is 8.24. The van der Waals surface area contributed by atoms with E-state index in [0.29, 0.717) is 13.2 Å². The van der Waals surface area contributed by atoms with Crippen molar-refractivity contribution in [3.8, 4) is 22.8 Å². The van der Waals surface area contributed by atoms with E-state index in [9.17, 15) is 0 Å². The molecule has 0 saturated carbocycles. The average Bonchev–Trinajstić information content (AvgIpc) is 3.07. The van der Waals surface area contributed by atoms with Crippen molar-refractivity contribution < 1.29 is 30.7 Å². The molecule has 0 amide bonds. The summed E-state index contributed by atoms with van der Waals surface area (Å²) in [6, 6.07) is 10.7. The van der Waals surface area contributed by atoms with E-state index in [4.69, 9.17) is 15.2 Å². The summed E-state index contributed by atoms with van der Waals surface area (Å²) < 4.78 is 14.3. The van der Waals surface area contributed by atoms with Crippen molar-refractivity contribution in [3.05, 3.63) is 49.2 Å². The van der Waals surface area contributed by atoms with Crippen LogP contribution in [0.2, 0.25) is 0 Å². The molecule has 0 unspecified atom stereocenters. The fourth-order valence-electron chi connectivity index (χ4n) is 3.23. The number of nitrogens with two attached hydrogens (primary N) is 1. The minimum atomic E-state index is -0.256. The molecule has 5 heteroatoms. The number of ether oxygens (including phenoxy) is 2. The number of nitrogens with zero attached hydrogens (tertiary/aromatic N) is 1. The molecule has 0 saturated heterocycles. The Bertz CT molecular complexity index is 972. The Morgan fingerprint density at radius 3 is 2.81 bits per heavy atom. The van der Waals surface area contributed by atoms with Crippen LogP contribution in [0.3, 0.4) is 0 Å². The second-order valence-corrected chi connectivity index (χ2v) is 9.09. The number of aromatic nitrogens is 1. The molecule has 2 aromatic carbocycles. The SMILES string of the molecule is COc1ccc2c3c(ccc2c1)-c1c(OCCCCN)ncc(C)c1[I-]3. The first-order valence-electron chi connectivity index (χ1n) is 8.81. The molecule has 2 N–H and O–H groups in total. The second-order valence-electron chi connectivity index (χ2n) is 6.39. The van der Waals surface area contributed by atoms with Gasteiger partial charge in [-0.1, -0.05) is 0 Å². The summed E-state index contributed by atoms with van der Waals surface area (Å²) >= 11 is -0.256. The average molecular weight is 461 g/mol. The van der Waals surface area contributed by atoms with Crippen LogP contribution >= 0.6 is 0 Å². The first kappa shape index (κ1) is 17.5. The van der Waals surface area contributed by atoms with Gasteiger partial charge in [0, 0.05) is 0 Å². The molecular formula is C21H22IN2O2-. The summed E-state index contributed by atoms with van der Waals surface area (Å²) in [7, 11) is 1.71. The van der Waals surface area contributed by atoms with Crippen LogP contribution in [-0.2, 0) is 0 Å². The molecule has 4 nitrogen and oxygen atoms in total. The number of fused-ring (bicyclic) bond motifs is 5. The van der Waals surface area contributed by atoms with Gasteiger partial charge >= 0.3 is 164 Å². The van der Waals surface area contributed by atoms with Crippen LogP contribution in [0.25, 0.3) is 21.9 Å². The van der Waals surface area contributed by atoms with Crippen LogP contribution in [0.4, 0.5) is 0 Å². The van der Waals surface area contributed by atoms with Gasteiger partial charge in [-0.05, 0) is 0 Å². The standard InChI is InChI=1S/C21H22IN2O2/c1-13-12-24-21(26-10-4-3-9-23)18-17-7-5-14-11-15(25-2)6-8-16(14)20(17)22-19(13)18/h5-8,11-12H,3-4,9-10,23H2,1-2H3/q-1. The Morgan fingerprint density at radius 1 is 1.12 bits per heavy atom. The molecule has 0 atom stereocenters. The molecule has 0 aliphatic carbocycles. The number of methoxy groups -OCH3 is 1. The topological polar surface area (TPSA) is 57.4 Å². The summed E-state index contributed by atoms with van der Waals surface area (Å²) in [5.74, 6) is 1.67. The number of unbranched alkanes of at least 4 members (excludes halogenated alkanes) is 1. The van der Waals surface area contributed by atoms with Crippen molar-refractivity contribution in [2.45, 2.75) is 19.8 Å². The molecule has 0 spiro atoms. The van der Waals surface area contributed by atoms with Crippen molar-refractivity contribution in [1.82, 2.24) is 4.98 Å². The Balaban J connectivity index is 1.78. The number of aryl methyl sites for hydroxylation is 1. The summed E-state index contributed by atoms with van der Waals surface area (Å²) in [4.78, 5) is 4.60. The van der Waals surface area contributed by atoms with Crippen LogP contribution in [0.15, 0.2) is 36.5 Å². The maximum absolute atomic E-state index is 6.04. The van der Waals surface area contributed by atoms with Crippen LogP contribution in [-0.4, -0.2) is 25.2 Å². The van der Waals surface area contributed by atoms with Gasteiger partial charge in [0.1, 0.15) is 0 Å². The van der Waals surface area contributed by atoms with Gasteiger partial charge in [-0.15, -0.1) is 0 Å². The number of hydrogen-bond acceptors (Lipinski definition) is 4. The molecule has 1 aliphatic heterocycles. The number of hydrogen-bond donors (Lipinski definition) is 1. The molecule has 136 valence electrons. The van der Waals surface area contributed by atoms with E-state index >= 15 is 0 Å². The van der Waals surface area contributed by atoms with Gasteiger partial charge in [-0.2, -0.15) is 0 Å². The van der Waals surface area contributed by atoms with Crippen molar-refractivity contribution in [3.63, 3.8) is 0 Å². The van der Waals surface area contributed by atoms with E-state index in [1.165, 1.54) is 34.6 Å². The summed E-state index contributed by atoms with van der Waals surface area (Å²) in [5.41, 5.74) is 9.34. The fourth-order valence-corrected chi connectivity index (χ4v) is 6.65.